The highest BCUT2D eigenvalue weighted by molar-refractivity contribution is 8.00. The van der Waals surface area contributed by atoms with Crippen LogP contribution in [-0.2, 0) is 30.3 Å². The van der Waals surface area contributed by atoms with Gasteiger partial charge in [-0.3, -0.25) is 14.4 Å². The smallest absolute Gasteiger partial charge is 0.461 e. The summed E-state index contributed by atoms with van der Waals surface area (Å²) < 4.78 is 49.1. The van der Waals surface area contributed by atoms with E-state index in [9.17, 15) is 37.5 Å². The number of unbranched alkanes of at least 4 members (excludes halogenated alkanes) is 3. The Kier molecular flexibility index (Phi) is 16.0. The number of alkyl halides is 3. The molecular formula is C43H66F3N3O7S. The molecular weight excluding hydrogens is 760 g/mol. The van der Waals surface area contributed by atoms with Crippen LogP contribution in [0.3, 0.4) is 0 Å². The molecule has 0 heterocycles. The van der Waals surface area contributed by atoms with Crippen molar-refractivity contribution in [2.24, 2.45) is 34.0 Å². The lowest BCUT2D eigenvalue weighted by atomic mass is 9.44. The zero-order valence-corrected chi connectivity index (χ0v) is 35.8. The molecule has 1 aromatic carbocycles. The summed E-state index contributed by atoms with van der Waals surface area (Å²) in [5.74, 6) is -2.36. The number of carbonyl (C=O) groups excluding carboxylic acids is 4. The van der Waals surface area contributed by atoms with Gasteiger partial charge in [-0.25, -0.2) is 4.79 Å². The highest BCUT2D eigenvalue weighted by Crippen LogP contribution is 2.67. The number of Topliss-reactive ketones (excluding diaryl/α,β-unsaturated/α-hetero) is 1. The average Bonchev–Trinajstić information content (AvgIpc) is 3.49. The number of halogens is 3. The molecule has 0 aliphatic heterocycles. The van der Waals surface area contributed by atoms with Crippen molar-refractivity contribution in [1.82, 2.24) is 16.0 Å². The van der Waals surface area contributed by atoms with Crippen LogP contribution in [0.1, 0.15) is 118 Å². The van der Waals surface area contributed by atoms with Crippen LogP contribution in [0.25, 0.3) is 0 Å². The first-order valence-electron chi connectivity index (χ1n) is 20.8. The van der Waals surface area contributed by atoms with E-state index in [4.69, 9.17) is 9.47 Å². The van der Waals surface area contributed by atoms with Crippen LogP contribution in [-0.4, -0.2) is 84.8 Å². The van der Waals surface area contributed by atoms with Gasteiger partial charge in [0.25, 0.3) is 0 Å². The third-order valence-electron chi connectivity index (χ3n) is 13.1. The fraction of sp³-hybridized carbons (Fsp3) is 0.767. The second kappa shape index (κ2) is 19.5. The Bertz CT molecular complexity index is 1540. The molecule has 14 heteroatoms. The quantitative estimate of drug-likeness (QED) is 0.0704. The van der Waals surface area contributed by atoms with E-state index in [2.05, 4.69) is 38.3 Å². The average molecular weight is 826 g/mol. The first kappa shape index (κ1) is 46.8. The standard InChI is InChI=1S/C43H66F3N3O7S/c1-28-18-20-42-21-19-32(50)35(42)41(28,7)33(55-34(51)26-57-31-16-14-30(15-17-31)13-12-24-48-37(53)43(44,45)46)25-40(6,36(52)29(42)2)27-47-22-10-8-9-11-23-49-38(54)56-39(3,4)5/h14-17,28-29,33,35-36,47,52H,8-13,18-27H2,1-7H3,(H,48,53)(H,49,54)/t28-,29+,33-,35+,36+,40-,41+,42+/m1/s1. The number of esters is 1. The van der Waals surface area contributed by atoms with Crippen molar-refractivity contribution in [3.8, 4) is 0 Å². The third-order valence-corrected chi connectivity index (χ3v) is 14.1. The van der Waals surface area contributed by atoms with Crippen molar-refractivity contribution >= 4 is 35.5 Å². The number of benzene rings is 1. The summed E-state index contributed by atoms with van der Waals surface area (Å²) >= 11 is 1.33. The lowest BCUT2D eigenvalue weighted by Crippen LogP contribution is -2.64. The Labute approximate surface area is 341 Å². The zero-order valence-electron chi connectivity index (χ0n) is 34.9. The Hall–Kier alpha value is -2.84. The lowest BCUT2D eigenvalue weighted by molar-refractivity contribution is -0.210. The van der Waals surface area contributed by atoms with E-state index in [0.717, 1.165) is 61.9 Å². The van der Waals surface area contributed by atoms with Gasteiger partial charge < -0.3 is 30.5 Å². The predicted octanol–water partition coefficient (Wildman–Crippen LogP) is 7.79. The molecule has 10 nitrogen and oxygen atoms in total. The van der Waals surface area contributed by atoms with Crippen LogP contribution in [0, 0.1) is 34.0 Å². The molecule has 3 saturated carbocycles. The first-order valence-corrected chi connectivity index (χ1v) is 21.8. The summed E-state index contributed by atoms with van der Waals surface area (Å²) in [4.78, 5) is 51.4. The van der Waals surface area contributed by atoms with E-state index in [1.165, 1.54) is 11.8 Å². The number of aliphatic hydroxyl groups excluding tert-OH is 1. The fourth-order valence-corrected chi connectivity index (χ4v) is 10.5. The largest absolute Gasteiger partial charge is 0.471 e. The lowest BCUT2D eigenvalue weighted by Gasteiger charge is -2.62. The monoisotopic (exact) mass is 825 g/mol. The number of ketones is 1. The number of alkyl carbamates (subject to hydrolysis) is 1. The maximum atomic E-state index is 13.9. The van der Waals surface area contributed by atoms with Crippen molar-refractivity contribution in [3.63, 3.8) is 0 Å². The van der Waals surface area contributed by atoms with Gasteiger partial charge in [0.05, 0.1) is 11.9 Å². The van der Waals surface area contributed by atoms with Gasteiger partial charge >= 0.3 is 24.1 Å². The number of nitrogens with one attached hydrogen (secondary N) is 3. The molecule has 3 aliphatic carbocycles. The number of rotatable bonds is 17. The van der Waals surface area contributed by atoms with Crippen LogP contribution in [0.15, 0.2) is 29.2 Å². The van der Waals surface area contributed by atoms with E-state index < -0.39 is 46.8 Å². The van der Waals surface area contributed by atoms with Crippen LogP contribution in [0.2, 0.25) is 0 Å². The highest BCUT2D eigenvalue weighted by atomic mass is 32.2. The van der Waals surface area contributed by atoms with E-state index in [0.29, 0.717) is 38.8 Å². The molecule has 0 unspecified atom stereocenters. The number of ether oxygens (including phenoxy) is 2. The molecule has 3 fully saturated rings. The van der Waals surface area contributed by atoms with Crippen molar-refractivity contribution in [3.05, 3.63) is 29.8 Å². The van der Waals surface area contributed by atoms with Gasteiger partial charge in [-0.05, 0) is 114 Å². The number of carbonyl (C=O) groups is 4. The fourth-order valence-electron chi connectivity index (χ4n) is 9.82. The number of hydrogen-bond acceptors (Lipinski definition) is 9. The van der Waals surface area contributed by atoms with Crippen molar-refractivity contribution in [1.29, 1.82) is 0 Å². The van der Waals surface area contributed by atoms with E-state index in [1.54, 1.807) is 0 Å². The zero-order chi connectivity index (χ0) is 42.2. The molecule has 1 aromatic rings. The minimum atomic E-state index is -4.90. The maximum absolute atomic E-state index is 13.9. The minimum absolute atomic E-state index is 0.0503. The Morgan fingerprint density at radius 3 is 2.23 bits per heavy atom. The normalized spacial score (nSPS) is 30.2. The molecule has 57 heavy (non-hydrogen) atoms. The number of aryl methyl sites for hydroxylation is 1. The summed E-state index contributed by atoms with van der Waals surface area (Å²) in [6.45, 7) is 15.8. The molecule has 322 valence electrons. The molecule has 0 spiro atoms. The van der Waals surface area contributed by atoms with Crippen molar-refractivity contribution in [2.45, 2.75) is 148 Å². The first-order chi connectivity index (χ1) is 26.6. The van der Waals surface area contributed by atoms with Gasteiger partial charge in [-0.1, -0.05) is 52.7 Å². The Morgan fingerprint density at radius 2 is 1.58 bits per heavy atom. The van der Waals surface area contributed by atoms with Crippen LogP contribution in [0.5, 0.6) is 0 Å². The molecule has 0 saturated heterocycles. The van der Waals surface area contributed by atoms with Crippen LogP contribution < -0.4 is 16.0 Å². The molecule has 0 aromatic heterocycles. The molecule has 2 amide bonds. The third kappa shape index (κ3) is 11.9. The number of thioether (sulfide) groups is 1. The number of aliphatic hydroxyl groups is 1. The van der Waals surface area contributed by atoms with Gasteiger partial charge in [-0.2, -0.15) is 13.2 Å². The molecule has 4 rings (SSSR count). The van der Waals surface area contributed by atoms with Gasteiger partial charge in [0, 0.05) is 47.7 Å². The second-order valence-electron chi connectivity index (χ2n) is 18.3. The predicted molar refractivity (Wildman–Crippen MR) is 215 cm³/mol. The van der Waals surface area contributed by atoms with Crippen LogP contribution >= 0.6 is 11.8 Å². The number of amides is 2. The van der Waals surface area contributed by atoms with E-state index >= 15 is 0 Å². The molecule has 8 atom stereocenters. The Balaban J connectivity index is 1.37. The topological polar surface area (TPSA) is 143 Å². The van der Waals surface area contributed by atoms with Gasteiger partial charge in [0.1, 0.15) is 17.5 Å². The summed E-state index contributed by atoms with van der Waals surface area (Å²) in [6, 6.07) is 7.42. The van der Waals surface area contributed by atoms with E-state index in [1.807, 2.05) is 50.4 Å². The summed E-state index contributed by atoms with van der Waals surface area (Å²) in [6.07, 6.45) is 1.32. The number of hydrogen-bond donors (Lipinski definition) is 4. The van der Waals surface area contributed by atoms with Gasteiger partial charge in [-0.15, -0.1) is 11.8 Å². The Morgan fingerprint density at radius 1 is 0.930 bits per heavy atom. The minimum Gasteiger partial charge on any atom is -0.461 e. The van der Waals surface area contributed by atoms with Crippen molar-refractivity contribution < 1.29 is 46.9 Å². The van der Waals surface area contributed by atoms with E-state index in [-0.39, 0.29) is 47.2 Å². The van der Waals surface area contributed by atoms with Gasteiger partial charge in [0.15, 0.2) is 0 Å². The summed E-state index contributed by atoms with van der Waals surface area (Å²) in [5, 5.41) is 20.5. The summed E-state index contributed by atoms with van der Waals surface area (Å²) in [5.41, 5.74) is -1.23. The summed E-state index contributed by atoms with van der Waals surface area (Å²) in [7, 11) is 0. The molecule has 3 aliphatic rings. The van der Waals surface area contributed by atoms with Gasteiger partial charge in [0.2, 0.25) is 0 Å². The molecule has 2 bridgehead atoms. The molecule has 0 radical (unpaired) electrons. The highest BCUT2D eigenvalue weighted by Gasteiger charge is 2.68. The van der Waals surface area contributed by atoms with Crippen LogP contribution in [0.4, 0.5) is 18.0 Å². The maximum Gasteiger partial charge on any atom is 0.471 e. The SMILES string of the molecule is C[C@@H]1CC[C@@]23CCC(=O)[C@H]2[C@]1(C)[C@H](OC(=O)CSc1ccc(CCCNC(=O)C(F)(F)F)cc1)C[C@](C)(CNCCCCCCNC(=O)OC(C)(C)C)[C@@H](O)[C@@H]3C. The van der Waals surface area contributed by atoms with Crippen molar-refractivity contribution in [2.75, 3.05) is 31.9 Å². The molecule has 4 N–H and O–H groups in total. The second-order valence-corrected chi connectivity index (χ2v) is 19.4.